The van der Waals surface area contributed by atoms with E-state index in [0.29, 0.717) is 0 Å². The molecule has 5 nitrogen and oxygen atoms in total. The molecule has 0 saturated heterocycles. The van der Waals surface area contributed by atoms with Crippen LogP contribution in [0.3, 0.4) is 0 Å². The number of hydrogen-bond acceptors (Lipinski definition) is 4. The van der Waals surface area contributed by atoms with Crippen LogP contribution < -0.4 is 0 Å². The van der Waals surface area contributed by atoms with Gasteiger partial charge in [0.2, 0.25) is 0 Å². The fourth-order valence-electron chi connectivity index (χ4n) is 0.727. The number of hydrogen-bond donors (Lipinski definition) is 2. The van der Waals surface area contributed by atoms with E-state index in [9.17, 15) is 8.42 Å². The van der Waals surface area contributed by atoms with Crippen molar-refractivity contribution in [3.63, 3.8) is 0 Å². The number of rotatable bonds is 4. The normalized spacial score (nSPS) is 17.8. The molecule has 68 valence electrons. The minimum absolute atomic E-state index is 0.166. The lowest BCUT2D eigenvalue weighted by Gasteiger charge is -2.10. The lowest BCUT2D eigenvalue weighted by molar-refractivity contribution is 0.111. The van der Waals surface area contributed by atoms with Gasteiger partial charge in [-0.1, -0.05) is 0 Å². The van der Waals surface area contributed by atoms with Gasteiger partial charge in [-0.2, -0.15) is 8.42 Å². The van der Waals surface area contributed by atoms with E-state index < -0.39 is 22.6 Å². The average Bonchev–Trinajstić information content (AvgIpc) is 1.53. The molecule has 0 radical (unpaired) electrons. The van der Waals surface area contributed by atoms with Crippen molar-refractivity contribution in [1.82, 2.24) is 0 Å². The fourth-order valence-corrected chi connectivity index (χ4v) is 1.22. The summed E-state index contributed by atoms with van der Waals surface area (Å²) in [5.41, 5.74) is 0. The third-order valence-corrected chi connectivity index (χ3v) is 1.53. The number of aliphatic hydroxyl groups excluding tert-OH is 1. The smallest absolute Gasteiger partial charge is 0.393 e. The third kappa shape index (κ3) is 7.73. The van der Waals surface area contributed by atoms with Crippen LogP contribution in [0.2, 0.25) is 0 Å². The van der Waals surface area contributed by atoms with Crippen LogP contribution in [-0.4, -0.2) is 30.3 Å². The molecule has 0 spiro atoms. The van der Waals surface area contributed by atoms with Crippen LogP contribution in [0.25, 0.3) is 0 Å². The van der Waals surface area contributed by atoms with Gasteiger partial charge in [0, 0.05) is 6.42 Å². The minimum atomic E-state index is -4.38. The summed E-state index contributed by atoms with van der Waals surface area (Å²) in [5, 5.41) is 8.76. The third-order valence-electron chi connectivity index (χ3n) is 0.959. The van der Waals surface area contributed by atoms with E-state index in [0.717, 1.165) is 0 Å². The molecule has 0 aliphatic carbocycles. The van der Waals surface area contributed by atoms with Crippen molar-refractivity contribution >= 4 is 10.4 Å². The molecule has 0 aromatic rings. The van der Waals surface area contributed by atoms with Crippen molar-refractivity contribution in [2.45, 2.75) is 32.5 Å². The number of aliphatic hydroxyl groups is 1. The van der Waals surface area contributed by atoms with Crippen LogP contribution in [0, 0.1) is 0 Å². The van der Waals surface area contributed by atoms with Crippen molar-refractivity contribution in [2.24, 2.45) is 0 Å². The lowest BCUT2D eigenvalue weighted by atomic mass is 10.2. The highest BCUT2D eigenvalue weighted by molar-refractivity contribution is 7.80. The fraction of sp³-hybridized carbons (Fsp3) is 1.00. The molecule has 11 heavy (non-hydrogen) atoms. The van der Waals surface area contributed by atoms with Crippen LogP contribution in [0.5, 0.6) is 0 Å². The summed E-state index contributed by atoms with van der Waals surface area (Å²) in [5.74, 6) is 0. The molecule has 2 N–H and O–H groups in total. The molecule has 2 atom stereocenters. The monoisotopic (exact) mass is 184 g/mol. The van der Waals surface area contributed by atoms with E-state index in [-0.39, 0.29) is 6.42 Å². The first-order chi connectivity index (χ1) is 4.81. The van der Waals surface area contributed by atoms with Gasteiger partial charge >= 0.3 is 10.4 Å². The molecule has 0 rings (SSSR count). The molecule has 0 aromatic carbocycles. The van der Waals surface area contributed by atoms with Crippen molar-refractivity contribution < 1.29 is 22.3 Å². The topological polar surface area (TPSA) is 83.8 Å². The Hall–Kier alpha value is -0.170. The SMILES string of the molecule is CC(O)CC(C)OS(=O)(=O)O. The summed E-state index contributed by atoms with van der Waals surface area (Å²) in [7, 11) is -4.38. The van der Waals surface area contributed by atoms with E-state index >= 15 is 0 Å². The first kappa shape index (κ1) is 10.8. The van der Waals surface area contributed by atoms with Crippen LogP contribution >= 0.6 is 0 Å². The summed E-state index contributed by atoms with van der Waals surface area (Å²) < 4.78 is 32.4. The van der Waals surface area contributed by atoms with Gasteiger partial charge in [-0.15, -0.1) is 0 Å². The predicted molar refractivity (Wildman–Crippen MR) is 38.4 cm³/mol. The Morgan fingerprint density at radius 1 is 1.45 bits per heavy atom. The van der Waals surface area contributed by atoms with Crippen molar-refractivity contribution in [2.75, 3.05) is 0 Å². The first-order valence-electron chi connectivity index (χ1n) is 3.15. The van der Waals surface area contributed by atoms with Crippen molar-refractivity contribution in [3.8, 4) is 0 Å². The van der Waals surface area contributed by atoms with Gasteiger partial charge < -0.3 is 5.11 Å². The molecular formula is C5H12O5S. The zero-order valence-electron chi connectivity index (χ0n) is 6.39. The zero-order valence-corrected chi connectivity index (χ0v) is 7.21. The van der Waals surface area contributed by atoms with Crippen molar-refractivity contribution in [1.29, 1.82) is 0 Å². The molecular weight excluding hydrogens is 172 g/mol. The second kappa shape index (κ2) is 4.01. The summed E-state index contributed by atoms with van der Waals surface area (Å²) in [6.07, 6.45) is -1.18. The Morgan fingerprint density at radius 2 is 1.91 bits per heavy atom. The second-order valence-corrected chi connectivity index (χ2v) is 3.47. The molecule has 0 heterocycles. The summed E-state index contributed by atoms with van der Waals surface area (Å²) in [6.45, 7) is 2.95. The molecule has 0 aromatic heterocycles. The Labute approximate surface area is 65.9 Å². The molecule has 0 saturated carbocycles. The van der Waals surface area contributed by atoms with Crippen molar-refractivity contribution in [3.05, 3.63) is 0 Å². The average molecular weight is 184 g/mol. The maximum atomic E-state index is 10.1. The Balaban J connectivity index is 3.80. The van der Waals surface area contributed by atoms with E-state index in [2.05, 4.69) is 4.18 Å². The van der Waals surface area contributed by atoms with Gasteiger partial charge in [-0.25, -0.2) is 4.18 Å². The zero-order chi connectivity index (χ0) is 9.07. The molecule has 2 unspecified atom stereocenters. The van der Waals surface area contributed by atoms with Crippen LogP contribution in [0.1, 0.15) is 20.3 Å². The minimum Gasteiger partial charge on any atom is -0.393 e. The summed E-state index contributed by atoms with van der Waals surface area (Å²) >= 11 is 0. The molecule has 0 amide bonds. The highest BCUT2D eigenvalue weighted by Crippen LogP contribution is 2.04. The quantitative estimate of drug-likeness (QED) is 0.599. The van der Waals surface area contributed by atoms with Crippen LogP contribution in [0.4, 0.5) is 0 Å². The highest BCUT2D eigenvalue weighted by atomic mass is 32.3. The molecule has 6 heteroatoms. The molecule has 0 aliphatic rings. The van der Waals surface area contributed by atoms with Crippen LogP contribution in [-0.2, 0) is 14.6 Å². The molecule has 0 fully saturated rings. The van der Waals surface area contributed by atoms with Gasteiger partial charge in [-0.05, 0) is 13.8 Å². The predicted octanol–water partition coefficient (Wildman–Crippen LogP) is -0.0348. The maximum absolute atomic E-state index is 10.1. The van der Waals surface area contributed by atoms with Gasteiger partial charge in [0.25, 0.3) is 0 Å². The molecule has 0 aliphatic heterocycles. The Kier molecular flexibility index (Phi) is 3.95. The Morgan fingerprint density at radius 3 is 2.18 bits per heavy atom. The largest absolute Gasteiger partial charge is 0.397 e. The van der Waals surface area contributed by atoms with Gasteiger partial charge in [0.15, 0.2) is 0 Å². The van der Waals surface area contributed by atoms with E-state index in [1.807, 2.05) is 0 Å². The van der Waals surface area contributed by atoms with E-state index in [1.165, 1.54) is 13.8 Å². The summed E-state index contributed by atoms with van der Waals surface area (Å²) in [4.78, 5) is 0. The van der Waals surface area contributed by atoms with Gasteiger partial charge in [-0.3, -0.25) is 4.55 Å². The van der Waals surface area contributed by atoms with Gasteiger partial charge in [0.05, 0.1) is 12.2 Å². The second-order valence-electron chi connectivity index (χ2n) is 2.42. The summed E-state index contributed by atoms with van der Waals surface area (Å²) in [6, 6.07) is 0. The first-order valence-corrected chi connectivity index (χ1v) is 4.51. The maximum Gasteiger partial charge on any atom is 0.397 e. The standard InChI is InChI=1S/C5H12O5S/c1-4(6)3-5(2)10-11(7,8)9/h4-6H,3H2,1-2H3,(H,7,8,9). The van der Waals surface area contributed by atoms with Gasteiger partial charge in [0.1, 0.15) is 0 Å². The lowest BCUT2D eigenvalue weighted by Crippen LogP contribution is -2.19. The highest BCUT2D eigenvalue weighted by Gasteiger charge is 2.13. The van der Waals surface area contributed by atoms with Crippen LogP contribution in [0.15, 0.2) is 0 Å². The molecule has 0 bridgehead atoms. The Bertz CT molecular complexity index is 195. The van der Waals surface area contributed by atoms with E-state index in [4.69, 9.17) is 9.66 Å². The van der Waals surface area contributed by atoms with E-state index in [1.54, 1.807) is 0 Å².